The van der Waals surface area contributed by atoms with E-state index in [1.807, 2.05) is 6.08 Å². The molecule has 2 atom stereocenters. The van der Waals surface area contributed by atoms with E-state index in [2.05, 4.69) is 6.58 Å². The third-order valence-electron chi connectivity index (χ3n) is 2.20. The lowest BCUT2D eigenvalue weighted by molar-refractivity contribution is -0.120. The highest BCUT2D eigenvalue weighted by Crippen LogP contribution is 2.29. The Morgan fingerprint density at radius 2 is 2.45 bits per heavy atom. The number of alkyl halides is 1. The Morgan fingerprint density at radius 1 is 1.73 bits per heavy atom. The molecule has 0 spiro atoms. The van der Waals surface area contributed by atoms with Gasteiger partial charge in [0.2, 0.25) is 0 Å². The number of Topliss-reactive ketones (excluding diaryl/α,β-unsaturated/α-hetero) is 1. The minimum absolute atomic E-state index is 0.0502. The highest BCUT2D eigenvalue weighted by Gasteiger charge is 2.26. The molecule has 0 heterocycles. The Balaban J connectivity index is 2.43. The van der Waals surface area contributed by atoms with Crippen LogP contribution in [0.25, 0.3) is 0 Å². The van der Waals surface area contributed by atoms with Crippen molar-refractivity contribution < 1.29 is 4.79 Å². The molecule has 1 rings (SSSR count). The molecular weight excluding hydrogens is 160 g/mol. The fourth-order valence-electron chi connectivity index (χ4n) is 1.49. The molecule has 62 valence electrons. The number of halogens is 1. The van der Waals surface area contributed by atoms with Crippen LogP contribution in [0.5, 0.6) is 0 Å². The SMILES string of the molecule is C=CCC1CCC(=O)CC1Cl. The molecular formula is C9H13ClO. The Labute approximate surface area is 72.4 Å². The molecule has 0 radical (unpaired) electrons. The lowest BCUT2D eigenvalue weighted by atomic mass is 9.86. The number of hydrogen-bond acceptors (Lipinski definition) is 1. The van der Waals surface area contributed by atoms with Crippen molar-refractivity contribution >= 4 is 17.4 Å². The summed E-state index contributed by atoms with van der Waals surface area (Å²) in [5.41, 5.74) is 0. The predicted molar refractivity (Wildman–Crippen MR) is 46.8 cm³/mol. The topological polar surface area (TPSA) is 17.1 Å². The van der Waals surface area contributed by atoms with E-state index >= 15 is 0 Å². The summed E-state index contributed by atoms with van der Waals surface area (Å²) in [6, 6.07) is 0. The molecule has 1 nitrogen and oxygen atoms in total. The Hall–Kier alpha value is -0.300. The van der Waals surface area contributed by atoms with Gasteiger partial charge in [-0.3, -0.25) is 4.79 Å². The van der Waals surface area contributed by atoms with Gasteiger partial charge in [0, 0.05) is 18.2 Å². The van der Waals surface area contributed by atoms with Crippen LogP contribution in [0, 0.1) is 5.92 Å². The van der Waals surface area contributed by atoms with E-state index in [4.69, 9.17) is 11.6 Å². The fourth-order valence-corrected chi connectivity index (χ4v) is 1.89. The summed E-state index contributed by atoms with van der Waals surface area (Å²) in [4.78, 5) is 10.9. The highest BCUT2D eigenvalue weighted by molar-refractivity contribution is 6.22. The lowest BCUT2D eigenvalue weighted by Gasteiger charge is -2.24. The molecule has 1 aliphatic rings. The number of carbonyl (C=O) groups excluding carboxylic acids is 1. The molecule has 2 heteroatoms. The molecule has 0 bridgehead atoms. The summed E-state index contributed by atoms with van der Waals surface area (Å²) in [7, 11) is 0. The normalized spacial score (nSPS) is 31.9. The minimum atomic E-state index is 0.0502. The largest absolute Gasteiger partial charge is 0.300 e. The van der Waals surface area contributed by atoms with Gasteiger partial charge in [-0.2, -0.15) is 0 Å². The summed E-state index contributed by atoms with van der Waals surface area (Å²) in [6.45, 7) is 3.66. The Kier molecular flexibility index (Phi) is 3.13. The molecule has 0 aromatic heterocycles. The van der Waals surface area contributed by atoms with Crippen LogP contribution in [-0.2, 0) is 4.79 Å². The first-order chi connectivity index (χ1) is 5.24. The van der Waals surface area contributed by atoms with E-state index in [0.717, 1.165) is 12.8 Å². The van der Waals surface area contributed by atoms with E-state index in [0.29, 0.717) is 24.5 Å². The zero-order valence-electron chi connectivity index (χ0n) is 6.55. The zero-order chi connectivity index (χ0) is 8.27. The predicted octanol–water partition coefficient (Wildman–Crippen LogP) is 2.54. The Bertz CT molecular complexity index is 165. The molecule has 1 saturated carbocycles. The summed E-state index contributed by atoms with van der Waals surface area (Å²) in [5, 5.41) is 0.0502. The number of hydrogen-bond donors (Lipinski definition) is 0. The first kappa shape index (κ1) is 8.79. The maximum Gasteiger partial charge on any atom is 0.134 e. The number of ketones is 1. The smallest absolute Gasteiger partial charge is 0.134 e. The van der Waals surface area contributed by atoms with Crippen LogP contribution < -0.4 is 0 Å². The maximum atomic E-state index is 10.9. The van der Waals surface area contributed by atoms with Gasteiger partial charge in [0.05, 0.1) is 0 Å². The second-order valence-corrected chi connectivity index (χ2v) is 3.64. The molecule has 0 saturated heterocycles. The van der Waals surface area contributed by atoms with Gasteiger partial charge in [0.1, 0.15) is 5.78 Å². The van der Waals surface area contributed by atoms with Crippen LogP contribution >= 0.6 is 11.6 Å². The zero-order valence-corrected chi connectivity index (χ0v) is 7.31. The van der Waals surface area contributed by atoms with Crippen LogP contribution in [0.1, 0.15) is 25.7 Å². The van der Waals surface area contributed by atoms with E-state index in [9.17, 15) is 4.79 Å². The van der Waals surface area contributed by atoms with Gasteiger partial charge in [-0.25, -0.2) is 0 Å². The Morgan fingerprint density at radius 3 is 3.00 bits per heavy atom. The molecule has 0 aromatic carbocycles. The molecule has 1 fully saturated rings. The van der Waals surface area contributed by atoms with Crippen molar-refractivity contribution in [1.82, 2.24) is 0 Å². The summed E-state index contributed by atoms with van der Waals surface area (Å²) in [6.07, 6.45) is 5.04. The molecule has 0 aliphatic heterocycles. The number of rotatable bonds is 2. The summed E-state index contributed by atoms with van der Waals surface area (Å²) in [5.74, 6) is 0.789. The highest BCUT2D eigenvalue weighted by atomic mass is 35.5. The van der Waals surface area contributed by atoms with Crippen molar-refractivity contribution in [2.45, 2.75) is 31.1 Å². The minimum Gasteiger partial charge on any atom is -0.300 e. The standard InChI is InChI=1S/C9H13ClO/c1-2-3-7-4-5-8(11)6-9(7)10/h2,7,9H,1,3-6H2. The molecule has 0 aromatic rings. The van der Waals surface area contributed by atoms with E-state index in [1.165, 1.54) is 0 Å². The second-order valence-electron chi connectivity index (χ2n) is 3.08. The quantitative estimate of drug-likeness (QED) is 0.462. The molecule has 0 N–H and O–H groups in total. The second kappa shape index (κ2) is 3.91. The average molecular weight is 173 g/mol. The van der Waals surface area contributed by atoms with Crippen LogP contribution in [-0.4, -0.2) is 11.2 Å². The molecule has 11 heavy (non-hydrogen) atoms. The van der Waals surface area contributed by atoms with Gasteiger partial charge in [0.15, 0.2) is 0 Å². The van der Waals surface area contributed by atoms with E-state index < -0.39 is 0 Å². The van der Waals surface area contributed by atoms with Gasteiger partial charge in [0.25, 0.3) is 0 Å². The number of carbonyl (C=O) groups is 1. The van der Waals surface area contributed by atoms with Crippen molar-refractivity contribution in [2.75, 3.05) is 0 Å². The van der Waals surface area contributed by atoms with E-state index in [1.54, 1.807) is 0 Å². The van der Waals surface area contributed by atoms with Crippen molar-refractivity contribution in [3.05, 3.63) is 12.7 Å². The molecule has 0 amide bonds. The van der Waals surface area contributed by atoms with Gasteiger partial charge in [-0.1, -0.05) is 6.08 Å². The summed E-state index contributed by atoms with van der Waals surface area (Å²) < 4.78 is 0. The van der Waals surface area contributed by atoms with Crippen molar-refractivity contribution in [3.63, 3.8) is 0 Å². The average Bonchev–Trinajstić information content (AvgIpc) is 1.95. The third-order valence-corrected chi connectivity index (χ3v) is 2.71. The van der Waals surface area contributed by atoms with Crippen LogP contribution in [0.4, 0.5) is 0 Å². The fraction of sp³-hybridized carbons (Fsp3) is 0.667. The first-order valence-corrected chi connectivity index (χ1v) is 4.44. The maximum absolute atomic E-state index is 10.9. The first-order valence-electron chi connectivity index (χ1n) is 4.00. The van der Waals surface area contributed by atoms with Gasteiger partial charge in [-0.15, -0.1) is 18.2 Å². The summed E-state index contributed by atoms with van der Waals surface area (Å²) >= 11 is 5.99. The van der Waals surface area contributed by atoms with Gasteiger partial charge in [-0.05, 0) is 18.8 Å². The number of allylic oxidation sites excluding steroid dienone is 1. The van der Waals surface area contributed by atoms with Crippen LogP contribution in [0.2, 0.25) is 0 Å². The third kappa shape index (κ3) is 2.33. The van der Waals surface area contributed by atoms with Crippen molar-refractivity contribution in [3.8, 4) is 0 Å². The lowest BCUT2D eigenvalue weighted by Crippen LogP contribution is -2.24. The van der Waals surface area contributed by atoms with Gasteiger partial charge < -0.3 is 0 Å². The van der Waals surface area contributed by atoms with E-state index in [-0.39, 0.29) is 5.38 Å². The molecule has 1 aliphatic carbocycles. The van der Waals surface area contributed by atoms with Crippen molar-refractivity contribution in [2.24, 2.45) is 5.92 Å². The van der Waals surface area contributed by atoms with Gasteiger partial charge >= 0.3 is 0 Å². The van der Waals surface area contributed by atoms with Crippen LogP contribution in [0.15, 0.2) is 12.7 Å². The van der Waals surface area contributed by atoms with Crippen molar-refractivity contribution in [1.29, 1.82) is 0 Å². The monoisotopic (exact) mass is 172 g/mol. The molecule has 2 unspecified atom stereocenters. The van der Waals surface area contributed by atoms with Crippen LogP contribution in [0.3, 0.4) is 0 Å².